The van der Waals surface area contributed by atoms with Crippen LogP contribution < -0.4 is 0 Å². The van der Waals surface area contributed by atoms with E-state index in [1.165, 1.54) is 65.7 Å². The Morgan fingerprint density at radius 2 is 0.420 bits per heavy atom. The van der Waals surface area contributed by atoms with Gasteiger partial charge in [-0.25, -0.2) is 0 Å². The van der Waals surface area contributed by atoms with Crippen molar-refractivity contribution in [2.24, 2.45) is 0 Å². The third-order valence-electron chi connectivity index (χ3n) is 26.2. The summed E-state index contributed by atoms with van der Waals surface area (Å²) in [5, 5.41) is 23.3. The molecule has 0 aliphatic heterocycles. The molecule has 0 radical (unpaired) electrons. The number of hydrogen-bond acceptors (Lipinski definition) is 3. The molecule has 0 aliphatic rings. The zero-order valence-corrected chi connectivity index (χ0v) is 70.6. The molecule has 0 N–H and O–H groups in total. The third-order valence-corrected chi connectivity index (χ3v) is 26.2. The van der Waals surface area contributed by atoms with Crippen molar-refractivity contribution in [1.82, 2.24) is 0 Å². The minimum absolute atomic E-state index is 0.207. The van der Waals surface area contributed by atoms with Gasteiger partial charge in [-0.15, -0.1) is 0 Å². The average Bonchev–Trinajstić information content (AvgIpc) is 1.72. The Labute approximate surface area is 770 Å². The van der Waals surface area contributed by atoms with Gasteiger partial charge in [0, 0.05) is 37.9 Å². The molecule has 3 heteroatoms. The highest BCUT2D eigenvalue weighted by Crippen LogP contribution is 2.52. The molecule has 0 fully saturated rings. The fourth-order valence-corrected chi connectivity index (χ4v) is 20.5. The molecule has 24 aromatic carbocycles. The minimum Gasteiger partial charge on any atom is -0.456 e. The summed E-state index contributed by atoms with van der Waals surface area (Å²) < 4.78 is 104. The molecule has 610 valence electrons. The van der Waals surface area contributed by atoms with Crippen LogP contribution in [0.4, 0.5) is 0 Å². The van der Waals surface area contributed by atoms with Crippen molar-refractivity contribution in [1.29, 1.82) is 0 Å². The standard InChI is InChI=1S/C48H30O.C42H26O.C38H24O/c1-3-15-31(16-4-1)43-29-33(30-44-37-21-13-14-26-45(37)49-48(43)44)34-27-28-42(36-20-8-7-19-35(34)36)47-40-24-11-9-22-38(40)46(32-17-5-2-6-18-32)39-23-10-12-25-41(39)47;1-2-12-27(13-3-1)41-33-17-6-8-19-35(33)42(36-20-9-7-18-34(36)41)37-24-23-29(30-14-4-5-15-31(30)37)28-22-25-40-38(26-28)32-16-10-11-21-39(32)43-40;1-3-11-25(12-4-1)27-19-21-29-34-23-28(20-22-35(34)39-36(29)24-27)38-32-17-9-7-15-30(32)37(26-13-5-2-6-14-26)31-16-8-10-18-33(31)38/h1-30H;1-26H;1-24H/i;1D,2D,3D,12D,13D;2D,5D,6D,13D,14D. The molecule has 0 aliphatic carbocycles. The number of benzene rings is 24. The van der Waals surface area contributed by atoms with E-state index in [0.29, 0.717) is 11.1 Å². The highest BCUT2D eigenvalue weighted by atomic mass is 16.3. The summed E-state index contributed by atoms with van der Waals surface area (Å²) in [6, 6.07) is 145. The molecule has 131 heavy (non-hydrogen) atoms. The van der Waals surface area contributed by atoms with Gasteiger partial charge in [0.15, 0.2) is 0 Å². The van der Waals surface area contributed by atoms with Gasteiger partial charge >= 0.3 is 0 Å². The molecule has 0 amide bonds. The Balaban J connectivity index is 0.000000112. The van der Waals surface area contributed by atoms with Crippen molar-refractivity contribution in [2.75, 3.05) is 0 Å². The van der Waals surface area contributed by atoms with Crippen LogP contribution in [0.2, 0.25) is 0 Å². The summed E-state index contributed by atoms with van der Waals surface area (Å²) in [7, 11) is 0. The predicted molar refractivity (Wildman–Crippen MR) is 556 cm³/mol. The van der Waals surface area contributed by atoms with E-state index in [2.05, 4.69) is 285 Å². The molecule has 0 saturated heterocycles. The van der Waals surface area contributed by atoms with E-state index in [9.17, 15) is 0 Å². The Morgan fingerprint density at radius 3 is 0.870 bits per heavy atom. The van der Waals surface area contributed by atoms with Gasteiger partial charge in [0.2, 0.25) is 0 Å². The molecular formula is C128H80O3. The first-order valence-corrected chi connectivity index (χ1v) is 44.2. The molecule has 27 aromatic rings. The van der Waals surface area contributed by atoms with Crippen molar-refractivity contribution < 1.29 is 27.0 Å². The van der Waals surface area contributed by atoms with E-state index in [1.54, 1.807) is 0 Å². The van der Waals surface area contributed by atoms with Crippen LogP contribution in [-0.4, -0.2) is 0 Å². The van der Waals surface area contributed by atoms with Gasteiger partial charge in [0.25, 0.3) is 0 Å². The van der Waals surface area contributed by atoms with Gasteiger partial charge in [-0.2, -0.15) is 0 Å². The Kier molecular flexibility index (Phi) is 16.2. The van der Waals surface area contributed by atoms with E-state index in [4.69, 9.17) is 27.0 Å². The van der Waals surface area contributed by atoms with Crippen molar-refractivity contribution in [2.45, 2.75) is 0 Å². The first kappa shape index (κ1) is 66.3. The molecule has 3 aromatic heterocycles. The smallest absolute Gasteiger partial charge is 0.143 e. The predicted octanol–water partition coefficient (Wildman–Crippen LogP) is 36.7. The number of rotatable bonds is 10. The third kappa shape index (κ3) is 13.0. The SMILES string of the molecule is [2H]c1c([2H])c([2H])c(-c2c3ccccc3c(-c3ccc(-c4ccc5oc6ccccc6c5c4)c4ccccc34)c3ccccc23)c([2H])c1[2H].[2H]c1c([2H])c([2H])c(-c2c3ccccc3c(-c3ccc4oc5cc(-c6ccccc6)ccc5c4c3)c3ccccc23)c([2H])c1[2H].c1ccc(-c2c3ccccc3c(-c3ccc(-c4cc(-c5ccccc5)c5oc6ccccc6c5c4)c4ccccc34)c3ccccc23)cc1. The molecule has 0 bridgehead atoms. The van der Waals surface area contributed by atoms with Gasteiger partial charge in [0.05, 0.1) is 13.7 Å². The maximum atomic E-state index is 8.86. The minimum atomic E-state index is -0.398. The van der Waals surface area contributed by atoms with Crippen LogP contribution in [0.1, 0.15) is 13.7 Å². The molecule has 0 saturated carbocycles. The van der Waals surface area contributed by atoms with Crippen LogP contribution >= 0.6 is 0 Å². The van der Waals surface area contributed by atoms with Crippen molar-refractivity contribution in [3.8, 4) is 111 Å². The maximum Gasteiger partial charge on any atom is 0.143 e. The first-order chi connectivity index (χ1) is 69.2. The Bertz CT molecular complexity index is 9670. The Hall–Kier alpha value is -17.2. The van der Waals surface area contributed by atoms with E-state index < -0.39 is 12.1 Å². The second kappa shape index (κ2) is 32.0. The van der Waals surface area contributed by atoms with Crippen molar-refractivity contribution in [3.63, 3.8) is 0 Å². The highest BCUT2D eigenvalue weighted by Gasteiger charge is 2.26. The number of hydrogen-bond donors (Lipinski definition) is 0. The highest BCUT2D eigenvalue weighted by molar-refractivity contribution is 6.28. The van der Waals surface area contributed by atoms with E-state index in [0.717, 1.165) is 175 Å². The molecule has 0 unspecified atom stereocenters. The van der Waals surface area contributed by atoms with Gasteiger partial charge in [-0.05, 0) is 253 Å². The lowest BCUT2D eigenvalue weighted by Crippen LogP contribution is -1.92. The van der Waals surface area contributed by atoms with Crippen LogP contribution in [0.3, 0.4) is 0 Å². The van der Waals surface area contributed by atoms with Gasteiger partial charge < -0.3 is 13.3 Å². The lowest BCUT2D eigenvalue weighted by atomic mass is 9.83. The summed E-state index contributed by atoms with van der Waals surface area (Å²) in [6.07, 6.45) is 0. The molecule has 27 rings (SSSR count). The second-order valence-corrected chi connectivity index (χ2v) is 33.4. The van der Waals surface area contributed by atoms with E-state index >= 15 is 0 Å². The quantitative estimate of drug-likeness (QED) is 0.128. The van der Waals surface area contributed by atoms with E-state index in [-0.39, 0.29) is 59.5 Å². The summed E-state index contributed by atoms with van der Waals surface area (Å²) in [5.41, 5.74) is 25.1. The molecule has 3 heterocycles. The first-order valence-electron chi connectivity index (χ1n) is 49.2. The fourth-order valence-electron chi connectivity index (χ4n) is 20.5. The zero-order chi connectivity index (χ0) is 95.1. The van der Waals surface area contributed by atoms with E-state index in [1.807, 2.05) is 140 Å². The topological polar surface area (TPSA) is 39.4 Å². The largest absolute Gasteiger partial charge is 0.456 e. The average molecular weight is 1680 g/mol. The number of furan rings is 3. The number of para-hydroxylation sites is 2. The second-order valence-electron chi connectivity index (χ2n) is 33.4. The van der Waals surface area contributed by atoms with Crippen LogP contribution in [0, 0.1) is 0 Å². The molecule has 3 nitrogen and oxygen atoms in total. The van der Waals surface area contributed by atoms with Crippen LogP contribution in [0.5, 0.6) is 0 Å². The number of fused-ring (bicyclic) bond motifs is 17. The lowest BCUT2D eigenvalue weighted by Gasteiger charge is -2.20. The fraction of sp³-hybridized carbons (Fsp3) is 0. The van der Waals surface area contributed by atoms with Crippen molar-refractivity contribution >= 4 is 152 Å². The monoisotopic (exact) mass is 1670 g/mol. The molecule has 0 atom stereocenters. The normalized spacial score (nSPS) is 12.7. The molecular weight excluding hydrogens is 1590 g/mol. The Morgan fingerprint density at radius 1 is 0.130 bits per heavy atom. The van der Waals surface area contributed by atoms with Gasteiger partial charge in [0.1, 0.15) is 33.5 Å². The lowest BCUT2D eigenvalue weighted by molar-refractivity contribution is 0.668. The van der Waals surface area contributed by atoms with Gasteiger partial charge in [-0.3, -0.25) is 0 Å². The van der Waals surface area contributed by atoms with Crippen LogP contribution in [-0.2, 0) is 0 Å². The zero-order valence-electron chi connectivity index (χ0n) is 80.6. The van der Waals surface area contributed by atoms with Crippen LogP contribution in [0.15, 0.2) is 498 Å². The van der Waals surface area contributed by atoms with Gasteiger partial charge in [-0.1, -0.05) is 424 Å². The summed E-state index contributed by atoms with van der Waals surface area (Å²) >= 11 is 0. The summed E-state index contributed by atoms with van der Waals surface area (Å²) in [5.74, 6) is 0. The molecule has 0 spiro atoms. The summed E-state index contributed by atoms with van der Waals surface area (Å²) in [6.45, 7) is 0. The van der Waals surface area contributed by atoms with Crippen LogP contribution in [0.25, 0.3) is 263 Å². The summed E-state index contributed by atoms with van der Waals surface area (Å²) in [4.78, 5) is 0. The maximum absolute atomic E-state index is 8.86. The van der Waals surface area contributed by atoms with Crippen molar-refractivity contribution in [3.05, 3.63) is 485 Å².